The quantitative estimate of drug-likeness (QED) is 0.621. The molecule has 18 heavy (non-hydrogen) atoms. The number of sulfone groups is 1. The molecule has 0 radical (unpaired) electrons. The maximum absolute atomic E-state index is 12.8. The van der Waals surface area contributed by atoms with Crippen LogP contribution < -0.4 is 11.3 Å². The molecule has 0 heterocycles. The Morgan fingerprint density at radius 3 is 2.22 bits per heavy atom. The Balaban J connectivity index is 2.95. The van der Waals surface area contributed by atoms with Crippen molar-refractivity contribution in [3.8, 4) is 0 Å². The molecule has 1 unspecified atom stereocenters. The van der Waals surface area contributed by atoms with Crippen molar-refractivity contribution in [3.05, 3.63) is 35.6 Å². The molecular formula is C12H19FN2O2S. The first-order chi connectivity index (χ1) is 8.18. The van der Waals surface area contributed by atoms with Crippen molar-refractivity contribution in [3.63, 3.8) is 0 Å². The van der Waals surface area contributed by atoms with Crippen LogP contribution in [0.3, 0.4) is 0 Å². The Bertz CT molecular complexity index is 497. The molecular weight excluding hydrogens is 255 g/mol. The minimum Gasteiger partial charge on any atom is -0.271 e. The molecule has 0 spiro atoms. The van der Waals surface area contributed by atoms with Gasteiger partial charge in [-0.25, -0.2) is 12.8 Å². The normalized spacial score (nSPS) is 14.5. The van der Waals surface area contributed by atoms with E-state index in [1.807, 2.05) is 0 Å². The number of hydrogen-bond acceptors (Lipinski definition) is 4. The zero-order valence-electron chi connectivity index (χ0n) is 10.8. The summed E-state index contributed by atoms with van der Waals surface area (Å²) in [5.74, 6) is 5.12. The highest BCUT2D eigenvalue weighted by molar-refractivity contribution is 7.92. The molecule has 0 saturated carbocycles. The number of hydrazine groups is 1. The second-order valence-electron chi connectivity index (χ2n) is 4.93. The van der Waals surface area contributed by atoms with Gasteiger partial charge in [0.15, 0.2) is 9.84 Å². The lowest BCUT2D eigenvalue weighted by Gasteiger charge is -2.32. The van der Waals surface area contributed by atoms with E-state index in [0.29, 0.717) is 6.42 Å². The maximum Gasteiger partial charge on any atom is 0.154 e. The molecule has 0 aliphatic carbocycles. The smallest absolute Gasteiger partial charge is 0.154 e. The fraction of sp³-hybridized carbons (Fsp3) is 0.500. The number of benzene rings is 1. The Hall–Kier alpha value is -0.980. The van der Waals surface area contributed by atoms with Gasteiger partial charge in [0.05, 0.1) is 4.75 Å². The van der Waals surface area contributed by atoms with Gasteiger partial charge in [-0.1, -0.05) is 12.1 Å². The van der Waals surface area contributed by atoms with Crippen molar-refractivity contribution in [1.82, 2.24) is 5.43 Å². The number of hydrogen-bond donors (Lipinski definition) is 2. The van der Waals surface area contributed by atoms with Gasteiger partial charge in [-0.2, -0.15) is 0 Å². The van der Waals surface area contributed by atoms with Crippen LogP contribution >= 0.6 is 0 Å². The highest BCUT2D eigenvalue weighted by Gasteiger charge is 2.38. The van der Waals surface area contributed by atoms with Crippen LogP contribution in [0.4, 0.5) is 4.39 Å². The lowest BCUT2D eigenvalue weighted by Crippen LogP contribution is -2.55. The van der Waals surface area contributed by atoms with E-state index in [1.54, 1.807) is 26.0 Å². The van der Waals surface area contributed by atoms with E-state index in [0.717, 1.165) is 5.56 Å². The molecule has 0 saturated heterocycles. The number of nitrogens with two attached hydrogens (primary N) is 1. The van der Waals surface area contributed by atoms with Crippen LogP contribution in [0.1, 0.15) is 19.4 Å². The molecule has 6 heteroatoms. The summed E-state index contributed by atoms with van der Waals surface area (Å²) in [7, 11) is -3.26. The zero-order valence-corrected chi connectivity index (χ0v) is 11.6. The molecule has 0 aliphatic heterocycles. The first-order valence-corrected chi connectivity index (χ1v) is 7.48. The molecule has 0 aliphatic rings. The molecule has 0 fully saturated rings. The standard InChI is InChI=1S/C12H19FN2O2S/c1-12(2,18(3,16)17)11(15-14)8-9-4-6-10(13)7-5-9/h4-7,11,15H,8,14H2,1-3H3. The van der Waals surface area contributed by atoms with Crippen LogP contribution in [-0.2, 0) is 16.3 Å². The van der Waals surface area contributed by atoms with Crippen LogP contribution in [0.15, 0.2) is 24.3 Å². The highest BCUT2D eigenvalue weighted by atomic mass is 32.2. The number of nitrogens with one attached hydrogen (secondary N) is 1. The summed E-state index contributed by atoms with van der Waals surface area (Å²) in [6.45, 7) is 3.24. The summed E-state index contributed by atoms with van der Waals surface area (Å²) in [6.07, 6.45) is 1.60. The second-order valence-corrected chi connectivity index (χ2v) is 7.52. The predicted octanol–water partition coefficient (Wildman–Crippen LogP) is 1.02. The highest BCUT2D eigenvalue weighted by Crippen LogP contribution is 2.22. The van der Waals surface area contributed by atoms with Gasteiger partial charge in [0.1, 0.15) is 5.82 Å². The van der Waals surface area contributed by atoms with Gasteiger partial charge in [-0.15, -0.1) is 0 Å². The fourth-order valence-electron chi connectivity index (χ4n) is 1.62. The Morgan fingerprint density at radius 1 is 1.33 bits per heavy atom. The van der Waals surface area contributed by atoms with Crippen LogP contribution in [-0.4, -0.2) is 25.5 Å². The summed E-state index contributed by atoms with van der Waals surface area (Å²) >= 11 is 0. The lowest BCUT2D eigenvalue weighted by atomic mass is 9.96. The van der Waals surface area contributed by atoms with Crippen LogP contribution in [0.2, 0.25) is 0 Å². The minimum atomic E-state index is -3.26. The van der Waals surface area contributed by atoms with E-state index in [4.69, 9.17) is 5.84 Å². The number of rotatable bonds is 5. The predicted molar refractivity (Wildman–Crippen MR) is 70.1 cm³/mol. The topological polar surface area (TPSA) is 72.2 Å². The molecule has 102 valence electrons. The molecule has 0 bridgehead atoms. The molecule has 0 amide bonds. The first-order valence-electron chi connectivity index (χ1n) is 5.58. The lowest BCUT2D eigenvalue weighted by molar-refractivity contribution is 0.413. The third-order valence-corrected chi connectivity index (χ3v) is 5.54. The van der Waals surface area contributed by atoms with Gasteiger partial charge in [0.2, 0.25) is 0 Å². The molecule has 1 aromatic carbocycles. The van der Waals surface area contributed by atoms with Crippen molar-refractivity contribution in [1.29, 1.82) is 0 Å². The third kappa shape index (κ3) is 3.28. The van der Waals surface area contributed by atoms with E-state index in [-0.39, 0.29) is 5.82 Å². The van der Waals surface area contributed by atoms with Gasteiger partial charge in [-0.05, 0) is 38.0 Å². The van der Waals surface area contributed by atoms with Gasteiger partial charge in [0.25, 0.3) is 0 Å². The third-order valence-electron chi connectivity index (χ3n) is 3.35. The molecule has 3 N–H and O–H groups in total. The molecule has 1 rings (SSSR count). The van der Waals surface area contributed by atoms with Crippen molar-refractivity contribution in [2.24, 2.45) is 5.84 Å². The summed E-state index contributed by atoms with van der Waals surface area (Å²) in [5.41, 5.74) is 3.37. The molecule has 4 nitrogen and oxygen atoms in total. The van der Waals surface area contributed by atoms with Crippen molar-refractivity contribution in [2.45, 2.75) is 31.1 Å². The summed E-state index contributed by atoms with van der Waals surface area (Å²) in [5, 5.41) is 0. The van der Waals surface area contributed by atoms with Gasteiger partial charge >= 0.3 is 0 Å². The maximum atomic E-state index is 12.8. The van der Waals surface area contributed by atoms with E-state index in [2.05, 4.69) is 5.43 Å². The van der Waals surface area contributed by atoms with Crippen LogP contribution in [0.5, 0.6) is 0 Å². The Labute approximate surface area is 107 Å². The molecule has 1 atom stereocenters. The Kier molecular flexibility index (Phi) is 4.47. The van der Waals surface area contributed by atoms with Crippen LogP contribution in [0.25, 0.3) is 0 Å². The van der Waals surface area contributed by atoms with E-state index in [9.17, 15) is 12.8 Å². The van der Waals surface area contributed by atoms with E-state index in [1.165, 1.54) is 18.4 Å². The van der Waals surface area contributed by atoms with Gasteiger partial charge < -0.3 is 0 Å². The first kappa shape index (κ1) is 15.1. The monoisotopic (exact) mass is 274 g/mol. The summed E-state index contributed by atoms with van der Waals surface area (Å²) in [4.78, 5) is 0. The average Bonchev–Trinajstić information content (AvgIpc) is 2.26. The minimum absolute atomic E-state index is 0.321. The van der Waals surface area contributed by atoms with Crippen molar-refractivity contribution in [2.75, 3.05) is 6.26 Å². The average molecular weight is 274 g/mol. The molecule has 0 aromatic heterocycles. The summed E-state index contributed by atoms with van der Waals surface area (Å²) in [6, 6.07) is 5.49. The summed E-state index contributed by atoms with van der Waals surface area (Å²) < 4.78 is 35.3. The van der Waals surface area contributed by atoms with Crippen LogP contribution in [0, 0.1) is 5.82 Å². The second kappa shape index (κ2) is 5.34. The largest absolute Gasteiger partial charge is 0.271 e. The Morgan fingerprint density at radius 2 is 1.83 bits per heavy atom. The fourth-order valence-corrected chi connectivity index (χ4v) is 2.29. The van der Waals surface area contributed by atoms with Crippen molar-refractivity contribution >= 4 is 9.84 Å². The van der Waals surface area contributed by atoms with Gasteiger partial charge in [-0.3, -0.25) is 11.3 Å². The zero-order chi connectivity index (χ0) is 14.0. The van der Waals surface area contributed by atoms with E-state index >= 15 is 0 Å². The number of halogens is 1. The molecule has 1 aromatic rings. The van der Waals surface area contributed by atoms with Crippen molar-refractivity contribution < 1.29 is 12.8 Å². The van der Waals surface area contributed by atoms with E-state index < -0.39 is 20.6 Å². The van der Waals surface area contributed by atoms with Gasteiger partial charge in [0, 0.05) is 12.3 Å². The SMILES string of the molecule is CC(C)(C(Cc1ccc(F)cc1)NN)S(C)(=O)=O.